The standard InChI is InChI=1S/C13H14ClN7S/c1-21-7(10(14)11(19-21)6-2-3-6)5-22-8-4-9(15)16-13-12(8)17-20-18-13/h4,6H,2-3,5H2,1H3,(H3,15,16,17,18,20). The predicted octanol–water partition coefficient (Wildman–Crippen LogP) is 2.49. The lowest BCUT2D eigenvalue weighted by atomic mass is 10.3. The average molecular weight is 336 g/mol. The Balaban J connectivity index is 1.63. The molecule has 1 saturated carbocycles. The Morgan fingerprint density at radius 3 is 3.09 bits per heavy atom. The number of aromatic amines is 1. The fraction of sp³-hybridized carbons (Fsp3) is 0.385. The van der Waals surface area contributed by atoms with Crippen molar-refractivity contribution in [3.05, 3.63) is 22.5 Å². The van der Waals surface area contributed by atoms with Crippen molar-refractivity contribution in [2.24, 2.45) is 7.05 Å². The van der Waals surface area contributed by atoms with Gasteiger partial charge in [-0.25, -0.2) is 10.1 Å². The zero-order valence-corrected chi connectivity index (χ0v) is 13.4. The minimum atomic E-state index is 0.441. The fourth-order valence-corrected chi connectivity index (χ4v) is 3.98. The van der Waals surface area contributed by atoms with Gasteiger partial charge in [-0.2, -0.15) is 5.10 Å². The van der Waals surface area contributed by atoms with E-state index in [1.807, 2.05) is 17.8 Å². The molecule has 1 aliphatic carbocycles. The van der Waals surface area contributed by atoms with Gasteiger partial charge < -0.3 is 5.73 Å². The van der Waals surface area contributed by atoms with Crippen molar-refractivity contribution < 1.29 is 0 Å². The third-order valence-corrected chi connectivity index (χ3v) is 5.19. The Hall–Kier alpha value is -1.80. The van der Waals surface area contributed by atoms with Crippen LogP contribution in [0.5, 0.6) is 0 Å². The molecule has 0 atom stereocenters. The largest absolute Gasteiger partial charge is 0.384 e. The van der Waals surface area contributed by atoms with E-state index in [-0.39, 0.29) is 0 Å². The van der Waals surface area contributed by atoms with Crippen LogP contribution in [0.25, 0.3) is 11.2 Å². The van der Waals surface area contributed by atoms with Crippen LogP contribution in [0.15, 0.2) is 11.0 Å². The summed E-state index contributed by atoms with van der Waals surface area (Å²) < 4.78 is 1.87. The van der Waals surface area contributed by atoms with Crippen LogP contribution < -0.4 is 5.73 Å². The lowest BCUT2D eigenvalue weighted by Gasteiger charge is -2.04. The van der Waals surface area contributed by atoms with Crippen molar-refractivity contribution in [2.75, 3.05) is 5.73 Å². The number of hydrogen-bond donors (Lipinski definition) is 2. The molecule has 114 valence electrons. The average Bonchev–Trinajstić information content (AvgIpc) is 3.15. The summed E-state index contributed by atoms with van der Waals surface area (Å²) in [6, 6.07) is 1.81. The lowest BCUT2D eigenvalue weighted by molar-refractivity contribution is 0.718. The minimum Gasteiger partial charge on any atom is -0.384 e. The summed E-state index contributed by atoms with van der Waals surface area (Å²) >= 11 is 8.10. The van der Waals surface area contributed by atoms with Crippen molar-refractivity contribution in [3.63, 3.8) is 0 Å². The molecule has 3 N–H and O–H groups in total. The Morgan fingerprint density at radius 1 is 1.50 bits per heavy atom. The number of fused-ring (bicyclic) bond motifs is 1. The van der Waals surface area contributed by atoms with Gasteiger partial charge in [0, 0.05) is 23.6 Å². The highest BCUT2D eigenvalue weighted by Crippen LogP contribution is 2.44. The Kier molecular flexibility index (Phi) is 3.23. The highest BCUT2D eigenvalue weighted by molar-refractivity contribution is 7.98. The van der Waals surface area contributed by atoms with E-state index in [4.69, 9.17) is 17.3 Å². The van der Waals surface area contributed by atoms with Gasteiger partial charge in [-0.05, 0) is 18.9 Å². The molecule has 9 heteroatoms. The van der Waals surface area contributed by atoms with E-state index in [1.54, 1.807) is 11.8 Å². The normalized spacial score (nSPS) is 14.8. The van der Waals surface area contributed by atoms with E-state index in [0.29, 0.717) is 23.1 Å². The van der Waals surface area contributed by atoms with Crippen LogP contribution in [-0.4, -0.2) is 30.2 Å². The summed E-state index contributed by atoms with van der Waals surface area (Å²) in [5.74, 6) is 1.67. The molecular formula is C13H14ClN7S. The monoisotopic (exact) mass is 335 g/mol. The molecule has 7 nitrogen and oxygen atoms in total. The highest BCUT2D eigenvalue weighted by atomic mass is 35.5. The predicted molar refractivity (Wildman–Crippen MR) is 85.9 cm³/mol. The first kappa shape index (κ1) is 13.8. The van der Waals surface area contributed by atoms with Crippen LogP contribution in [0.2, 0.25) is 5.02 Å². The molecule has 0 aliphatic heterocycles. The molecule has 0 aromatic carbocycles. The molecule has 3 aromatic heterocycles. The van der Waals surface area contributed by atoms with Gasteiger partial charge in [-0.15, -0.1) is 16.9 Å². The van der Waals surface area contributed by atoms with Crippen molar-refractivity contribution >= 4 is 40.3 Å². The second kappa shape index (κ2) is 5.13. The summed E-state index contributed by atoms with van der Waals surface area (Å²) in [4.78, 5) is 5.09. The summed E-state index contributed by atoms with van der Waals surface area (Å²) in [6.07, 6.45) is 2.37. The number of aromatic nitrogens is 6. The maximum Gasteiger partial charge on any atom is 0.179 e. The number of hydrogen-bond acceptors (Lipinski definition) is 6. The number of anilines is 1. The van der Waals surface area contributed by atoms with E-state index in [1.165, 1.54) is 12.8 Å². The first-order chi connectivity index (χ1) is 10.6. The molecule has 0 unspecified atom stereocenters. The van der Waals surface area contributed by atoms with Gasteiger partial charge >= 0.3 is 0 Å². The van der Waals surface area contributed by atoms with Gasteiger partial charge in [0.15, 0.2) is 5.65 Å². The van der Waals surface area contributed by atoms with Crippen LogP contribution in [0.4, 0.5) is 5.82 Å². The molecule has 1 fully saturated rings. The first-order valence-corrected chi connectivity index (χ1v) is 8.31. The Morgan fingerprint density at radius 2 is 2.32 bits per heavy atom. The molecule has 0 radical (unpaired) electrons. The van der Waals surface area contributed by atoms with Crippen molar-refractivity contribution in [1.29, 1.82) is 0 Å². The number of nitrogen functional groups attached to an aromatic ring is 1. The zero-order chi connectivity index (χ0) is 15.3. The fourth-order valence-electron chi connectivity index (χ4n) is 2.42. The molecule has 0 spiro atoms. The van der Waals surface area contributed by atoms with Gasteiger partial charge in [-0.1, -0.05) is 16.8 Å². The first-order valence-electron chi connectivity index (χ1n) is 6.95. The molecule has 22 heavy (non-hydrogen) atoms. The van der Waals surface area contributed by atoms with Gasteiger partial charge in [0.2, 0.25) is 0 Å². The summed E-state index contributed by atoms with van der Waals surface area (Å²) in [6.45, 7) is 0. The van der Waals surface area contributed by atoms with Gasteiger partial charge in [0.05, 0.1) is 16.4 Å². The molecular weight excluding hydrogens is 322 g/mol. The van der Waals surface area contributed by atoms with Crippen LogP contribution >= 0.6 is 23.4 Å². The Labute approximate surface area is 135 Å². The van der Waals surface area contributed by atoms with Gasteiger partial charge in [-0.3, -0.25) is 4.68 Å². The van der Waals surface area contributed by atoms with Gasteiger partial charge in [0.1, 0.15) is 11.3 Å². The summed E-state index contributed by atoms with van der Waals surface area (Å²) in [5, 5.41) is 15.9. The number of thioether (sulfide) groups is 1. The zero-order valence-electron chi connectivity index (χ0n) is 11.9. The molecule has 4 rings (SSSR count). The van der Waals surface area contributed by atoms with Crippen molar-refractivity contribution in [1.82, 2.24) is 30.2 Å². The molecule has 1 aliphatic rings. The van der Waals surface area contributed by atoms with E-state index in [0.717, 1.165) is 26.8 Å². The van der Waals surface area contributed by atoms with E-state index < -0.39 is 0 Å². The third-order valence-electron chi connectivity index (χ3n) is 3.74. The minimum absolute atomic E-state index is 0.441. The van der Waals surface area contributed by atoms with Crippen molar-refractivity contribution in [2.45, 2.75) is 29.4 Å². The lowest BCUT2D eigenvalue weighted by Crippen LogP contribution is -1.97. The number of aryl methyl sites for hydroxylation is 1. The number of halogens is 1. The second-order valence-corrected chi connectivity index (χ2v) is 6.78. The van der Waals surface area contributed by atoms with Crippen LogP contribution in [0.3, 0.4) is 0 Å². The molecule has 3 heterocycles. The Bertz CT molecular complexity index is 852. The van der Waals surface area contributed by atoms with E-state index >= 15 is 0 Å². The number of nitrogens with one attached hydrogen (secondary N) is 1. The molecule has 0 bridgehead atoms. The smallest absolute Gasteiger partial charge is 0.179 e. The van der Waals surface area contributed by atoms with Crippen LogP contribution in [0.1, 0.15) is 30.1 Å². The second-order valence-electron chi connectivity index (χ2n) is 5.39. The maximum absolute atomic E-state index is 6.49. The molecule has 0 amide bonds. The highest BCUT2D eigenvalue weighted by Gasteiger charge is 2.30. The number of pyridine rings is 1. The number of H-pyrrole nitrogens is 1. The quantitative estimate of drug-likeness (QED) is 0.711. The van der Waals surface area contributed by atoms with Crippen molar-refractivity contribution in [3.8, 4) is 0 Å². The number of rotatable bonds is 4. The third kappa shape index (κ3) is 2.32. The summed E-state index contributed by atoms with van der Waals surface area (Å²) in [5.41, 5.74) is 9.18. The van der Waals surface area contributed by atoms with Crippen LogP contribution in [0, 0.1) is 0 Å². The van der Waals surface area contributed by atoms with E-state index in [9.17, 15) is 0 Å². The van der Waals surface area contributed by atoms with Gasteiger partial charge in [0.25, 0.3) is 0 Å². The summed E-state index contributed by atoms with van der Waals surface area (Å²) in [7, 11) is 1.93. The number of nitrogens with zero attached hydrogens (tertiary/aromatic N) is 5. The van der Waals surface area contributed by atoms with E-state index in [2.05, 4.69) is 25.5 Å². The molecule has 0 saturated heterocycles. The SMILES string of the molecule is Cn1nc(C2CC2)c(Cl)c1CSc1cc(N)nc2[nH]nnc12. The van der Waals surface area contributed by atoms with Crippen LogP contribution in [-0.2, 0) is 12.8 Å². The maximum atomic E-state index is 6.49. The number of nitrogens with two attached hydrogens (primary N) is 1. The molecule has 3 aromatic rings. The topological polar surface area (TPSA) is 98.3 Å².